The average Bonchev–Trinajstić information content (AvgIpc) is 2.78. The second kappa shape index (κ2) is 7.09. The summed E-state index contributed by atoms with van der Waals surface area (Å²) in [4.78, 5) is 10.7. The van der Waals surface area contributed by atoms with E-state index < -0.39 is 40.5 Å². The minimum absolute atomic E-state index is 0.0540. The Bertz CT molecular complexity index is 684. The molecular weight excluding hydrogens is 329 g/mol. The maximum absolute atomic E-state index is 14.2. The van der Waals surface area contributed by atoms with Crippen molar-refractivity contribution in [1.29, 1.82) is 0 Å². The summed E-state index contributed by atoms with van der Waals surface area (Å²) in [6.45, 7) is 6.58. The molecule has 0 heterocycles. The van der Waals surface area contributed by atoms with Crippen LogP contribution >= 0.6 is 0 Å². The van der Waals surface area contributed by atoms with Gasteiger partial charge in [0.15, 0.2) is 11.6 Å². The fraction of sp³-hybridized carbons (Fsp3) is 0.556. The van der Waals surface area contributed by atoms with Gasteiger partial charge < -0.3 is 14.9 Å². The van der Waals surface area contributed by atoms with Crippen LogP contribution in [0.25, 0.3) is 6.08 Å². The number of aliphatic hydroxyl groups excluding tert-OH is 2. The van der Waals surface area contributed by atoms with E-state index in [1.54, 1.807) is 6.07 Å². The standard InChI is InChI=1S/C18H24FNO5/c1-10(2)7-11-5-6-14(13(19)8-11)25-15-9-12(16(21)17(15)22)18(3,4)20(23)24/h5-8,12,15-17,21-22H,9H2,1-4H3. The molecule has 0 amide bonds. The zero-order valence-corrected chi connectivity index (χ0v) is 14.8. The first-order chi connectivity index (χ1) is 11.5. The van der Waals surface area contributed by atoms with Crippen molar-refractivity contribution in [3.05, 3.63) is 45.3 Å². The van der Waals surface area contributed by atoms with Gasteiger partial charge in [-0.1, -0.05) is 17.7 Å². The molecule has 4 unspecified atom stereocenters. The molecule has 6 nitrogen and oxygen atoms in total. The topological polar surface area (TPSA) is 92.8 Å². The van der Waals surface area contributed by atoms with E-state index in [1.807, 2.05) is 19.9 Å². The van der Waals surface area contributed by atoms with E-state index in [2.05, 4.69) is 0 Å². The maximum atomic E-state index is 14.2. The Kier molecular flexibility index (Phi) is 5.49. The van der Waals surface area contributed by atoms with Crippen LogP contribution in [0.4, 0.5) is 4.39 Å². The normalized spacial score (nSPS) is 26.4. The highest BCUT2D eigenvalue weighted by molar-refractivity contribution is 5.53. The number of aliphatic hydroxyl groups is 2. The number of allylic oxidation sites excluding steroid dienone is 1. The van der Waals surface area contributed by atoms with Crippen molar-refractivity contribution in [1.82, 2.24) is 0 Å². The Morgan fingerprint density at radius 2 is 2.00 bits per heavy atom. The van der Waals surface area contributed by atoms with Crippen LogP contribution in [0.2, 0.25) is 0 Å². The van der Waals surface area contributed by atoms with Crippen LogP contribution in [0.5, 0.6) is 5.75 Å². The molecule has 0 spiro atoms. The number of hydrogen-bond acceptors (Lipinski definition) is 5. The third-order valence-corrected chi connectivity index (χ3v) is 4.70. The fourth-order valence-electron chi connectivity index (χ4n) is 3.15. The van der Waals surface area contributed by atoms with Crippen molar-refractivity contribution < 1.29 is 24.3 Å². The Morgan fingerprint density at radius 1 is 1.36 bits per heavy atom. The molecule has 7 heteroatoms. The molecule has 0 bridgehead atoms. The van der Waals surface area contributed by atoms with Gasteiger partial charge in [-0.05, 0) is 38.0 Å². The summed E-state index contributed by atoms with van der Waals surface area (Å²) in [5.74, 6) is -1.44. The van der Waals surface area contributed by atoms with Crippen molar-refractivity contribution in [2.24, 2.45) is 5.92 Å². The molecule has 0 saturated heterocycles. The first kappa shape index (κ1) is 19.3. The first-order valence-electron chi connectivity index (χ1n) is 8.15. The lowest BCUT2D eigenvalue weighted by atomic mass is 9.85. The molecule has 1 fully saturated rings. The molecule has 1 aromatic rings. The Hall–Kier alpha value is -1.99. The van der Waals surface area contributed by atoms with Gasteiger partial charge in [0, 0.05) is 18.8 Å². The lowest BCUT2D eigenvalue weighted by Gasteiger charge is -2.25. The van der Waals surface area contributed by atoms with Crippen LogP contribution in [0.3, 0.4) is 0 Å². The first-order valence-corrected chi connectivity index (χ1v) is 8.15. The molecule has 2 rings (SSSR count). The van der Waals surface area contributed by atoms with Gasteiger partial charge in [0.1, 0.15) is 12.2 Å². The monoisotopic (exact) mass is 353 g/mol. The van der Waals surface area contributed by atoms with E-state index in [0.29, 0.717) is 5.56 Å². The highest BCUT2D eigenvalue weighted by atomic mass is 19.1. The zero-order chi connectivity index (χ0) is 18.9. The molecule has 0 radical (unpaired) electrons. The van der Waals surface area contributed by atoms with Gasteiger partial charge in [-0.25, -0.2) is 4.39 Å². The van der Waals surface area contributed by atoms with Crippen LogP contribution in [0, 0.1) is 21.8 Å². The van der Waals surface area contributed by atoms with Gasteiger partial charge in [0.25, 0.3) is 0 Å². The maximum Gasteiger partial charge on any atom is 0.222 e. The van der Waals surface area contributed by atoms with Crippen molar-refractivity contribution in [3.63, 3.8) is 0 Å². The summed E-state index contributed by atoms with van der Waals surface area (Å²) < 4.78 is 19.8. The van der Waals surface area contributed by atoms with Gasteiger partial charge in [0.2, 0.25) is 5.54 Å². The van der Waals surface area contributed by atoms with E-state index >= 15 is 0 Å². The predicted molar refractivity (Wildman–Crippen MR) is 91.3 cm³/mol. The van der Waals surface area contributed by atoms with E-state index in [0.717, 1.165) is 5.57 Å². The summed E-state index contributed by atoms with van der Waals surface area (Å²) >= 11 is 0. The number of hydrogen-bond donors (Lipinski definition) is 2. The third kappa shape index (κ3) is 3.99. The van der Waals surface area contributed by atoms with Crippen LogP contribution in [-0.4, -0.2) is 39.0 Å². The quantitative estimate of drug-likeness (QED) is 0.627. The lowest BCUT2D eigenvalue weighted by molar-refractivity contribution is -0.573. The second-order valence-electron chi connectivity index (χ2n) is 7.30. The van der Waals surface area contributed by atoms with Crippen LogP contribution in [-0.2, 0) is 0 Å². The lowest BCUT2D eigenvalue weighted by Crippen LogP contribution is -2.45. The van der Waals surface area contributed by atoms with E-state index in [1.165, 1.54) is 26.0 Å². The molecule has 1 saturated carbocycles. The summed E-state index contributed by atoms with van der Waals surface area (Å²) in [7, 11) is 0. The molecular formula is C18H24FNO5. The molecule has 1 aliphatic carbocycles. The zero-order valence-electron chi connectivity index (χ0n) is 14.8. The summed E-state index contributed by atoms with van der Waals surface area (Å²) in [6, 6.07) is 4.45. The average molecular weight is 353 g/mol. The number of nitrogens with zero attached hydrogens (tertiary/aromatic N) is 1. The van der Waals surface area contributed by atoms with E-state index in [9.17, 15) is 24.7 Å². The Balaban J connectivity index is 2.18. The number of nitro groups is 1. The Labute approximate surface area is 146 Å². The summed E-state index contributed by atoms with van der Waals surface area (Å²) in [5.41, 5.74) is 0.279. The van der Waals surface area contributed by atoms with E-state index in [-0.39, 0.29) is 12.2 Å². The number of rotatable bonds is 5. The van der Waals surface area contributed by atoms with Crippen molar-refractivity contribution in [3.8, 4) is 5.75 Å². The highest BCUT2D eigenvalue weighted by Crippen LogP contribution is 2.38. The minimum Gasteiger partial charge on any atom is -0.485 e. The van der Waals surface area contributed by atoms with Crippen molar-refractivity contribution >= 4 is 6.08 Å². The number of ether oxygens (including phenoxy) is 1. The van der Waals surface area contributed by atoms with Crippen molar-refractivity contribution in [2.45, 2.75) is 58.0 Å². The fourth-order valence-corrected chi connectivity index (χ4v) is 3.15. The molecule has 2 N–H and O–H groups in total. The van der Waals surface area contributed by atoms with Gasteiger partial charge in [0.05, 0.1) is 12.0 Å². The van der Waals surface area contributed by atoms with Gasteiger partial charge in [-0.3, -0.25) is 10.1 Å². The molecule has 0 aromatic heterocycles. The van der Waals surface area contributed by atoms with E-state index in [4.69, 9.17) is 4.74 Å². The summed E-state index contributed by atoms with van der Waals surface area (Å²) in [6.07, 6.45) is -1.66. The number of benzene rings is 1. The molecule has 1 aliphatic rings. The van der Waals surface area contributed by atoms with Crippen molar-refractivity contribution in [2.75, 3.05) is 0 Å². The van der Waals surface area contributed by atoms with Gasteiger partial charge in [-0.2, -0.15) is 0 Å². The predicted octanol–water partition coefficient (Wildman–Crippen LogP) is 2.79. The molecule has 4 atom stereocenters. The van der Waals surface area contributed by atoms with Crippen LogP contribution in [0.15, 0.2) is 23.8 Å². The highest BCUT2D eigenvalue weighted by Gasteiger charge is 2.55. The largest absolute Gasteiger partial charge is 0.485 e. The molecule has 0 aliphatic heterocycles. The Morgan fingerprint density at radius 3 is 2.52 bits per heavy atom. The van der Waals surface area contributed by atoms with Gasteiger partial charge >= 0.3 is 0 Å². The van der Waals surface area contributed by atoms with Gasteiger partial charge in [-0.15, -0.1) is 0 Å². The third-order valence-electron chi connectivity index (χ3n) is 4.70. The molecule has 1 aromatic carbocycles. The minimum atomic E-state index is -1.43. The SMILES string of the molecule is CC(C)=Cc1ccc(OC2CC(C(C)(C)[N+](=O)[O-])C(O)C2O)c(F)c1. The smallest absolute Gasteiger partial charge is 0.222 e. The molecule has 25 heavy (non-hydrogen) atoms. The van der Waals surface area contributed by atoms with Crippen LogP contribution in [0.1, 0.15) is 39.7 Å². The molecule has 138 valence electrons. The van der Waals surface area contributed by atoms with Crippen LogP contribution < -0.4 is 4.74 Å². The second-order valence-corrected chi connectivity index (χ2v) is 7.30. The summed E-state index contributed by atoms with van der Waals surface area (Å²) in [5, 5.41) is 31.5. The number of halogens is 1.